The summed E-state index contributed by atoms with van der Waals surface area (Å²) in [4.78, 5) is 45.0. The van der Waals surface area contributed by atoms with Crippen molar-refractivity contribution in [1.29, 1.82) is 0 Å². The topological polar surface area (TPSA) is 70.1 Å². The van der Waals surface area contributed by atoms with Gasteiger partial charge in [-0.2, -0.15) is 0 Å². The highest BCUT2D eigenvalue weighted by Crippen LogP contribution is 2.25. The van der Waals surface area contributed by atoms with Crippen LogP contribution in [0.1, 0.15) is 28.8 Å². The molecule has 0 saturated carbocycles. The molecule has 5 rings (SSSR count). The number of amides is 3. The van der Waals surface area contributed by atoms with Crippen molar-refractivity contribution < 1.29 is 14.4 Å². The molecule has 0 aliphatic carbocycles. The lowest BCUT2D eigenvalue weighted by Crippen LogP contribution is -2.34. The standard InChI is InChI=1S/C29H23N3O3/c1-31(29(35)22-12-15-25(16-13-22)32-26(33)17-18-27(32)34)28(21-8-3-2-4-9-21)30-24-14-11-20-7-5-6-10-23(20)19-24/h2-16,19H,17-18H2,1H3. The van der Waals surface area contributed by atoms with Gasteiger partial charge in [0.1, 0.15) is 5.84 Å². The predicted molar refractivity (Wildman–Crippen MR) is 137 cm³/mol. The van der Waals surface area contributed by atoms with Gasteiger partial charge in [-0.05, 0) is 47.2 Å². The highest BCUT2D eigenvalue weighted by Gasteiger charge is 2.30. The Morgan fingerprint density at radius 2 is 1.37 bits per heavy atom. The van der Waals surface area contributed by atoms with E-state index in [1.165, 1.54) is 9.80 Å². The molecule has 172 valence electrons. The van der Waals surface area contributed by atoms with Crippen LogP contribution in [0.2, 0.25) is 0 Å². The van der Waals surface area contributed by atoms with Gasteiger partial charge in [0.25, 0.3) is 5.91 Å². The second kappa shape index (κ2) is 9.35. The van der Waals surface area contributed by atoms with E-state index in [4.69, 9.17) is 4.99 Å². The first-order valence-electron chi connectivity index (χ1n) is 11.4. The molecule has 0 bridgehead atoms. The van der Waals surface area contributed by atoms with Gasteiger partial charge in [-0.1, -0.05) is 60.7 Å². The van der Waals surface area contributed by atoms with Gasteiger partial charge in [0, 0.05) is 31.0 Å². The maximum absolute atomic E-state index is 13.4. The number of benzene rings is 4. The molecular weight excluding hydrogens is 438 g/mol. The zero-order valence-corrected chi connectivity index (χ0v) is 19.2. The van der Waals surface area contributed by atoms with E-state index in [-0.39, 0.29) is 30.6 Å². The molecule has 1 aliphatic heterocycles. The molecule has 1 fully saturated rings. The summed E-state index contributed by atoms with van der Waals surface area (Å²) in [5.41, 5.74) is 2.45. The third kappa shape index (κ3) is 4.46. The summed E-state index contributed by atoms with van der Waals surface area (Å²) in [6.45, 7) is 0. The van der Waals surface area contributed by atoms with Crippen molar-refractivity contribution in [3.8, 4) is 0 Å². The molecule has 6 heteroatoms. The van der Waals surface area contributed by atoms with Gasteiger partial charge in [0.2, 0.25) is 11.8 Å². The van der Waals surface area contributed by atoms with Crippen molar-refractivity contribution in [3.63, 3.8) is 0 Å². The summed E-state index contributed by atoms with van der Waals surface area (Å²) in [6.07, 6.45) is 0.432. The number of fused-ring (bicyclic) bond motifs is 1. The summed E-state index contributed by atoms with van der Waals surface area (Å²) in [6, 6.07) is 30.1. The largest absolute Gasteiger partial charge is 0.295 e. The minimum Gasteiger partial charge on any atom is -0.295 e. The van der Waals surface area contributed by atoms with Crippen LogP contribution >= 0.6 is 0 Å². The van der Waals surface area contributed by atoms with E-state index < -0.39 is 0 Å². The van der Waals surface area contributed by atoms with Crippen LogP contribution in [0.25, 0.3) is 10.8 Å². The second-order valence-electron chi connectivity index (χ2n) is 8.37. The van der Waals surface area contributed by atoms with E-state index in [9.17, 15) is 14.4 Å². The summed E-state index contributed by atoms with van der Waals surface area (Å²) in [5, 5.41) is 2.18. The first kappa shape index (κ1) is 22.2. The normalized spacial score (nSPS) is 14.0. The molecule has 1 saturated heterocycles. The van der Waals surface area contributed by atoms with E-state index in [0.717, 1.165) is 22.0 Å². The molecule has 0 spiro atoms. The molecule has 0 radical (unpaired) electrons. The number of rotatable bonds is 4. The van der Waals surface area contributed by atoms with Crippen molar-refractivity contribution in [2.45, 2.75) is 12.8 Å². The van der Waals surface area contributed by atoms with E-state index in [0.29, 0.717) is 17.1 Å². The third-order valence-corrected chi connectivity index (χ3v) is 6.05. The van der Waals surface area contributed by atoms with Crippen LogP contribution < -0.4 is 4.90 Å². The van der Waals surface area contributed by atoms with Crippen LogP contribution in [-0.4, -0.2) is 35.5 Å². The van der Waals surface area contributed by atoms with Crippen LogP contribution in [0.4, 0.5) is 11.4 Å². The van der Waals surface area contributed by atoms with Crippen LogP contribution in [0, 0.1) is 0 Å². The maximum atomic E-state index is 13.4. The van der Waals surface area contributed by atoms with Gasteiger partial charge >= 0.3 is 0 Å². The second-order valence-corrected chi connectivity index (χ2v) is 8.37. The third-order valence-electron chi connectivity index (χ3n) is 6.05. The molecule has 0 unspecified atom stereocenters. The zero-order chi connectivity index (χ0) is 24.4. The monoisotopic (exact) mass is 461 g/mol. The van der Waals surface area contributed by atoms with Gasteiger partial charge < -0.3 is 0 Å². The smallest absolute Gasteiger partial charge is 0.259 e. The van der Waals surface area contributed by atoms with Crippen LogP contribution in [0.15, 0.2) is 102 Å². The first-order chi connectivity index (χ1) is 17.0. The van der Waals surface area contributed by atoms with Crippen LogP contribution in [0.3, 0.4) is 0 Å². The molecule has 0 aromatic heterocycles. The van der Waals surface area contributed by atoms with Gasteiger partial charge in [0.15, 0.2) is 0 Å². The van der Waals surface area contributed by atoms with Crippen LogP contribution in [-0.2, 0) is 9.59 Å². The molecular formula is C29H23N3O3. The lowest BCUT2D eigenvalue weighted by atomic mass is 10.1. The van der Waals surface area contributed by atoms with Crippen molar-refractivity contribution in [3.05, 3.63) is 108 Å². The Morgan fingerprint density at radius 3 is 2.06 bits per heavy atom. The highest BCUT2D eigenvalue weighted by atomic mass is 16.2. The number of anilines is 1. The summed E-state index contributed by atoms with van der Waals surface area (Å²) in [5.74, 6) is -0.181. The van der Waals surface area contributed by atoms with Crippen LogP contribution in [0.5, 0.6) is 0 Å². The number of amidine groups is 1. The number of carbonyl (C=O) groups excluding carboxylic acids is 3. The predicted octanol–water partition coefficient (Wildman–Crippen LogP) is 5.34. The molecule has 3 amide bonds. The Labute approximate surface area is 203 Å². The fraction of sp³-hybridized carbons (Fsp3) is 0.103. The highest BCUT2D eigenvalue weighted by molar-refractivity contribution is 6.20. The Hall–Kier alpha value is -4.58. The van der Waals surface area contributed by atoms with E-state index in [1.54, 1.807) is 31.3 Å². The molecule has 0 atom stereocenters. The maximum Gasteiger partial charge on any atom is 0.259 e. The zero-order valence-electron chi connectivity index (χ0n) is 19.2. The number of hydrogen-bond acceptors (Lipinski definition) is 4. The van der Waals surface area contributed by atoms with Crippen molar-refractivity contribution >= 4 is 45.7 Å². The molecule has 4 aromatic rings. The summed E-state index contributed by atoms with van der Waals surface area (Å²) >= 11 is 0. The Balaban J connectivity index is 1.48. The molecule has 1 heterocycles. The van der Waals surface area contributed by atoms with Crippen molar-refractivity contribution in [1.82, 2.24) is 4.90 Å². The Kier molecular flexibility index (Phi) is 5.94. The van der Waals surface area contributed by atoms with Gasteiger partial charge in [-0.15, -0.1) is 0 Å². The molecule has 6 nitrogen and oxygen atoms in total. The minimum absolute atomic E-state index is 0.216. The number of hydrogen-bond donors (Lipinski definition) is 0. The van der Waals surface area contributed by atoms with E-state index >= 15 is 0 Å². The number of nitrogens with zero attached hydrogens (tertiary/aromatic N) is 3. The lowest BCUT2D eigenvalue weighted by Gasteiger charge is -2.21. The molecule has 1 aliphatic rings. The molecule has 35 heavy (non-hydrogen) atoms. The average Bonchev–Trinajstić information content (AvgIpc) is 3.24. The number of aliphatic imine (C=N–C) groups is 1. The lowest BCUT2D eigenvalue weighted by molar-refractivity contribution is -0.121. The minimum atomic E-state index is -0.251. The van der Waals surface area contributed by atoms with Gasteiger partial charge in [0.05, 0.1) is 11.4 Å². The van der Waals surface area contributed by atoms with E-state index in [2.05, 4.69) is 0 Å². The average molecular weight is 462 g/mol. The molecule has 0 N–H and O–H groups in total. The first-order valence-corrected chi connectivity index (χ1v) is 11.4. The van der Waals surface area contributed by atoms with Gasteiger partial charge in [-0.3, -0.25) is 24.2 Å². The van der Waals surface area contributed by atoms with Gasteiger partial charge in [-0.25, -0.2) is 4.99 Å². The Morgan fingerprint density at radius 1 is 0.743 bits per heavy atom. The fourth-order valence-corrected chi connectivity index (χ4v) is 4.20. The van der Waals surface area contributed by atoms with Crippen molar-refractivity contribution in [2.75, 3.05) is 11.9 Å². The molecule has 4 aromatic carbocycles. The van der Waals surface area contributed by atoms with E-state index in [1.807, 2.05) is 72.8 Å². The Bertz CT molecular complexity index is 1440. The fourth-order valence-electron chi connectivity index (χ4n) is 4.20. The summed E-state index contributed by atoms with van der Waals surface area (Å²) < 4.78 is 0. The summed E-state index contributed by atoms with van der Waals surface area (Å²) in [7, 11) is 1.69. The van der Waals surface area contributed by atoms with Crippen molar-refractivity contribution in [2.24, 2.45) is 4.99 Å². The number of carbonyl (C=O) groups is 3. The quantitative estimate of drug-likeness (QED) is 0.234. The SMILES string of the molecule is CN(C(=O)c1ccc(N2C(=O)CCC2=O)cc1)C(=Nc1ccc2ccccc2c1)c1ccccc1. The number of imide groups is 1.